The molecule has 2 aromatic rings. The van der Waals surface area contributed by atoms with Crippen LogP contribution in [0.2, 0.25) is 0 Å². The zero-order valence-electron chi connectivity index (χ0n) is 18.2. The molecular formula is C21H33N4O4+. The molecule has 1 heterocycles. The van der Waals surface area contributed by atoms with Crippen LogP contribution in [0.25, 0.3) is 10.9 Å². The number of hydrogen-bond acceptors (Lipinski definition) is 7. The number of benzene rings is 1. The highest BCUT2D eigenvalue weighted by molar-refractivity contribution is 5.81. The summed E-state index contributed by atoms with van der Waals surface area (Å²) in [5.74, 6) is 6.10. The van der Waals surface area contributed by atoms with E-state index in [-0.39, 0.29) is 6.61 Å². The van der Waals surface area contributed by atoms with Crippen molar-refractivity contribution in [1.82, 2.24) is 4.98 Å². The molecule has 0 aliphatic carbocycles. The van der Waals surface area contributed by atoms with Crippen LogP contribution in [0.5, 0.6) is 5.75 Å². The van der Waals surface area contributed by atoms with E-state index in [2.05, 4.69) is 31.4 Å². The minimum atomic E-state index is -1.00. The summed E-state index contributed by atoms with van der Waals surface area (Å²) in [7, 11) is 6.46. The van der Waals surface area contributed by atoms with Gasteiger partial charge in [0.2, 0.25) is 6.10 Å². The van der Waals surface area contributed by atoms with Gasteiger partial charge in [0, 0.05) is 5.39 Å². The fourth-order valence-electron chi connectivity index (χ4n) is 2.51. The molecule has 1 atom stereocenters. The number of ether oxygens (including phenoxy) is 2. The van der Waals surface area contributed by atoms with E-state index in [4.69, 9.17) is 20.2 Å². The molecule has 0 aliphatic heterocycles. The van der Waals surface area contributed by atoms with E-state index < -0.39 is 17.7 Å². The maximum absolute atomic E-state index is 12.1. The quantitative estimate of drug-likeness (QED) is 0.375. The molecule has 0 spiro atoms. The lowest BCUT2D eigenvalue weighted by Gasteiger charge is -2.24. The third-order valence-corrected chi connectivity index (χ3v) is 3.98. The van der Waals surface area contributed by atoms with E-state index in [1.54, 1.807) is 26.8 Å². The number of carbonyl (C=O) groups is 1. The first-order valence-corrected chi connectivity index (χ1v) is 9.63. The zero-order valence-corrected chi connectivity index (χ0v) is 18.2. The number of pyridine rings is 1. The van der Waals surface area contributed by atoms with E-state index in [1.807, 2.05) is 24.3 Å². The number of nitrogens with zero attached hydrogens (tertiary/aromatic N) is 2. The van der Waals surface area contributed by atoms with Crippen molar-refractivity contribution >= 4 is 22.7 Å². The first kappa shape index (κ1) is 22.9. The van der Waals surface area contributed by atoms with Gasteiger partial charge in [0.15, 0.2) is 0 Å². The number of nitrogens with two attached hydrogens (primary N) is 1. The smallest absolute Gasteiger partial charge is 0.341 e. The Kier molecular flexibility index (Phi) is 7.40. The van der Waals surface area contributed by atoms with Crippen molar-refractivity contribution in [3.05, 3.63) is 30.3 Å². The van der Waals surface area contributed by atoms with Crippen LogP contribution >= 0.6 is 0 Å². The molecule has 1 aromatic heterocycles. The second-order valence-electron chi connectivity index (χ2n) is 8.96. The topological polar surface area (TPSA) is 95.7 Å². The van der Waals surface area contributed by atoms with Crippen molar-refractivity contribution in [2.24, 2.45) is 5.90 Å². The molecule has 0 bridgehead atoms. The molecule has 2 rings (SSSR count). The van der Waals surface area contributed by atoms with Gasteiger partial charge < -0.3 is 19.3 Å². The van der Waals surface area contributed by atoms with E-state index in [1.165, 1.54) is 0 Å². The summed E-state index contributed by atoms with van der Waals surface area (Å²) >= 11 is 0. The molecule has 29 heavy (non-hydrogen) atoms. The van der Waals surface area contributed by atoms with Crippen LogP contribution in [0.15, 0.2) is 30.3 Å². The summed E-state index contributed by atoms with van der Waals surface area (Å²) in [5, 5.41) is 4.28. The van der Waals surface area contributed by atoms with Crippen molar-refractivity contribution < 1.29 is 23.6 Å². The Morgan fingerprint density at radius 2 is 1.93 bits per heavy atom. The Labute approximate surface area is 172 Å². The van der Waals surface area contributed by atoms with Crippen molar-refractivity contribution in [2.75, 3.05) is 46.2 Å². The zero-order chi connectivity index (χ0) is 21.7. The molecule has 0 saturated heterocycles. The van der Waals surface area contributed by atoms with Crippen molar-refractivity contribution in [3.63, 3.8) is 0 Å². The van der Waals surface area contributed by atoms with Crippen molar-refractivity contribution in [3.8, 4) is 5.75 Å². The molecule has 0 amide bonds. The van der Waals surface area contributed by atoms with Crippen molar-refractivity contribution in [2.45, 2.75) is 32.5 Å². The molecule has 8 nitrogen and oxygen atoms in total. The van der Waals surface area contributed by atoms with Gasteiger partial charge in [0.25, 0.3) is 0 Å². The number of hydrogen-bond donors (Lipinski definition) is 2. The molecule has 0 fully saturated rings. The van der Waals surface area contributed by atoms with E-state index >= 15 is 0 Å². The minimum Gasteiger partial charge on any atom is -0.490 e. The van der Waals surface area contributed by atoms with Crippen LogP contribution in [0.1, 0.15) is 20.8 Å². The molecule has 0 unspecified atom stereocenters. The fraction of sp³-hybridized carbons (Fsp3) is 0.524. The number of fused-ring (bicyclic) bond motifs is 1. The van der Waals surface area contributed by atoms with Gasteiger partial charge in [-0.25, -0.2) is 15.7 Å². The van der Waals surface area contributed by atoms with E-state index in [0.29, 0.717) is 5.75 Å². The first-order chi connectivity index (χ1) is 13.5. The largest absolute Gasteiger partial charge is 0.490 e. The third kappa shape index (κ3) is 7.84. The van der Waals surface area contributed by atoms with Crippen LogP contribution in [-0.2, 0) is 14.4 Å². The molecule has 160 valence electrons. The number of carbonyl (C=O) groups excluding carboxylic acids is 1. The minimum absolute atomic E-state index is 0.0466. The molecule has 0 aliphatic rings. The van der Waals surface area contributed by atoms with Gasteiger partial charge in [-0.05, 0) is 51.1 Å². The van der Waals surface area contributed by atoms with Gasteiger partial charge in [0.1, 0.15) is 23.8 Å². The van der Waals surface area contributed by atoms with E-state index in [9.17, 15) is 4.79 Å². The molecule has 0 saturated carbocycles. The lowest BCUT2D eigenvalue weighted by molar-refractivity contribution is -0.868. The predicted octanol–water partition coefficient (Wildman–Crippen LogP) is 2.33. The summed E-state index contributed by atoms with van der Waals surface area (Å²) in [4.78, 5) is 21.4. The first-order valence-electron chi connectivity index (χ1n) is 9.63. The molecule has 1 aromatic carbocycles. The van der Waals surface area contributed by atoms with Crippen LogP contribution in [-0.4, -0.2) is 68.0 Å². The third-order valence-electron chi connectivity index (χ3n) is 3.98. The fourth-order valence-corrected chi connectivity index (χ4v) is 2.51. The SMILES string of the molecule is CC(C)(C)OC(=O)[C@H](COc1ccc2nc(NCC[N+](C)(C)C)ccc2c1)ON. The van der Waals surface area contributed by atoms with Crippen LogP contribution < -0.4 is 16.0 Å². The second kappa shape index (κ2) is 9.39. The standard InChI is InChI=1S/C21H33N4O4/c1-21(2,3)28-20(26)18(29-22)14-27-16-8-9-17-15(13-16)7-10-19(24-17)23-11-12-25(4,5)6/h7-10,13,18H,11-12,14,22H2,1-6H3,(H,23,24)/q+1/t18-/m0/s1. The highest BCUT2D eigenvalue weighted by Gasteiger charge is 2.26. The number of rotatable bonds is 9. The highest BCUT2D eigenvalue weighted by atomic mass is 16.7. The van der Waals surface area contributed by atoms with Gasteiger partial charge in [-0.15, -0.1) is 0 Å². The van der Waals surface area contributed by atoms with E-state index in [0.717, 1.165) is 34.3 Å². The average Bonchev–Trinajstić information content (AvgIpc) is 2.59. The number of quaternary nitrogens is 1. The van der Waals surface area contributed by atoms with Gasteiger partial charge >= 0.3 is 5.97 Å². The van der Waals surface area contributed by atoms with Gasteiger partial charge in [0.05, 0.1) is 39.7 Å². The molecule has 3 N–H and O–H groups in total. The number of likely N-dealkylation sites (N-methyl/N-ethyl adjacent to an activating group) is 1. The van der Waals surface area contributed by atoms with Crippen LogP contribution in [0.3, 0.4) is 0 Å². The number of anilines is 1. The Bertz CT molecular complexity index is 828. The van der Waals surface area contributed by atoms with Crippen LogP contribution in [0, 0.1) is 0 Å². The Hall–Kier alpha value is -2.42. The lowest BCUT2D eigenvalue weighted by Crippen LogP contribution is -2.38. The Morgan fingerprint density at radius 3 is 2.55 bits per heavy atom. The summed E-state index contributed by atoms with van der Waals surface area (Å²) in [6.45, 7) is 7.13. The van der Waals surface area contributed by atoms with Gasteiger partial charge in [-0.3, -0.25) is 4.84 Å². The lowest BCUT2D eigenvalue weighted by atomic mass is 10.2. The molecule has 8 heteroatoms. The summed E-state index contributed by atoms with van der Waals surface area (Å²) < 4.78 is 11.8. The molecular weight excluding hydrogens is 372 g/mol. The number of esters is 1. The van der Waals surface area contributed by atoms with Crippen molar-refractivity contribution in [1.29, 1.82) is 0 Å². The molecule has 0 radical (unpaired) electrons. The second-order valence-corrected chi connectivity index (χ2v) is 8.96. The predicted molar refractivity (Wildman–Crippen MR) is 114 cm³/mol. The van der Waals surface area contributed by atoms with Gasteiger partial charge in [-0.1, -0.05) is 0 Å². The Balaban J connectivity index is 1.98. The summed E-state index contributed by atoms with van der Waals surface area (Å²) in [5.41, 5.74) is 0.228. The average molecular weight is 406 g/mol. The normalized spacial score (nSPS) is 13.2. The Morgan fingerprint density at radius 1 is 1.21 bits per heavy atom. The maximum atomic E-state index is 12.1. The van der Waals surface area contributed by atoms with Gasteiger partial charge in [-0.2, -0.15) is 0 Å². The maximum Gasteiger partial charge on any atom is 0.341 e. The van der Waals surface area contributed by atoms with Crippen LogP contribution in [0.4, 0.5) is 5.82 Å². The summed E-state index contributed by atoms with van der Waals surface area (Å²) in [6.07, 6.45) is -1.00. The number of nitrogens with one attached hydrogen (secondary N) is 1. The highest BCUT2D eigenvalue weighted by Crippen LogP contribution is 2.22. The number of aromatic nitrogens is 1. The monoisotopic (exact) mass is 405 g/mol. The summed E-state index contributed by atoms with van der Waals surface area (Å²) in [6, 6.07) is 9.46.